The second kappa shape index (κ2) is 6.04. The zero-order valence-electron chi connectivity index (χ0n) is 10.7. The van der Waals surface area contributed by atoms with Crippen LogP contribution >= 0.6 is 0 Å². The van der Waals surface area contributed by atoms with Crippen molar-refractivity contribution in [3.8, 4) is 11.8 Å². The van der Waals surface area contributed by atoms with E-state index < -0.39 is 5.60 Å². The first-order chi connectivity index (χ1) is 9.24. The molecule has 1 atom stereocenters. The molecule has 94 valence electrons. The van der Waals surface area contributed by atoms with Gasteiger partial charge in [0.25, 0.3) is 0 Å². The molecule has 1 N–H and O–H groups in total. The van der Waals surface area contributed by atoms with Crippen molar-refractivity contribution in [2.75, 3.05) is 0 Å². The van der Waals surface area contributed by atoms with Gasteiger partial charge in [-0.15, -0.1) is 6.58 Å². The summed E-state index contributed by atoms with van der Waals surface area (Å²) < 4.78 is 0. The standard InChI is InChI=1S/C18H16O/c1-2-14-18(19,17-11-7-4-8-12-17)15-13-16-9-5-3-6-10-16/h2-12,19H,1,14H2/t18-/m1/s1. The Morgan fingerprint density at radius 3 is 2.16 bits per heavy atom. The minimum Gasteiger partial charge on any atom is -0.373 e. The van der Waals surface area contributed by atoms with Crippen LogP contribution in [0.5, 0.6) is 0 Å². The smallest absolute Gasteiger partial charge is 0.154 e. The van der Waals surface area contributed by atoms with E-state index in [1.165, 1.54) is 0 Å². The van der Waals surface area contributed by atoms with Gasteiger partial charge in [-0.2, -0.15) is 0 Å². The van der Waals surface area contributed by atoms with E-state index in [4.69, 9.17) is 0 Å². The van der Waals surface area contributed by atoms with Crippen LogP contribution in [0.4, 0.5) is 0 Å². The molecule has 0 unspecified atom stereocenters. The summed E-state index contributed by atoms with van der Waals surface area (Å²) in [6.07, 6.45) is 2.09. The third-order valence-corrected chi connectivity index (χ3v) is 2.88. The minimum absolute atomic E-state index is 0.400. The van der Waals surface area contributed by atoms with E-state index in [2.05, 4.69) is 18.4 Å². The lowest BCUT2D eigenvalue weighted by Gasteiger charge is -2.21. The Morgan fingerprint density at radius 1 is 1.00 bits per heavy atom. The van der Waals surface area contributed by atoms with E-state index in [1.54, 1.807) is 6.08 Å². The van der Waals surface area contributed by atoms with Gasteiger partial charge >= 0.3 is 0 Å². The first-order valence-electron chi connectivity index (χ1n) is 6.22. The van der Waals surface area contributed by atoms with Crippen LogP contribution in [-0.2, 0) is 5.60 Å². The highest BCUT2D eigenvalue weighted by Crippen LogP contribution is 2.24. The van der Waals surface area contributed by atoms with E-state index in [0.717, 1.165) is 11.1 Å². The van der Waals surface area contributed by atoms with Gasteiger partial charge in [0.05, 0.1) is 0 Å². The van der Waals surface area contributed by atoms with Gasteiger partial charge in [0.15, 0.2) is 5.60 Å². The monoisotopic (exact) mass is 248 g/mol. The summed E-state index contributed by atoms with van der Waals surface area (Å²) in [6, 6.07) is 19.1. The van der Waals surface area contributed by atoms with Gasteiger partial charge in [0.1, 0.15) is 0 Å². The lowest BCUT2D eigenvalue weighted by Crippen LogP contribution is -2.22. The van der Waals surface area contributed by atoms with E-state index in [1.807, 2.05) is 60.7 Å². The normalized spacial score (nSPS) is 12.9. The van der Waals surface area contributed by atoms with E-state index in [0.29, 0.717) is 6.42 Å². The molecule has 0 aromatic heterocycles. The van der Waals surface area contributed by atoms with Crippen molar-refractivity contribution in [3.05, 3.63) is 84.4 Å². The van der Waals surface area contributed by atoms with Crippen molar-refractivity contribution in [3.63, 3.8) is 0 Å². The van der Waals surface area contributed by atoms with Crippen molar-refractivity contribution in [2.45, 2.75) is 12.0 Å². The second-order valence-electron chi connectivity index (χ2n) is 4.34. The van der Waals surface area contributed by atoms with Gasteiger partial charge in [-0.1, -0.05) is 66.4 Å². The molecule has 0 bridgehead atoms. The largest absolute Gasteiger partial charge is 0.373 e. The highest BCUT2D eigenvalue weighted by molar-refractivity contribution is 5.40. The minimum atomic E-state index is -1.18. The molecule has 0 saturated carbocycles. The zero-order chi connectivity index (χ0) is 13.6. The number of rotatable bonds is 3. The summed E-state index contributed by atoms with van der Waals surface area (Å²) in [6.45, 7) is 3.70. The van der Waals surface area contributed by atoms with Crippen LogP contribution in [-0.4, -0.2) is 5.11 Å². The lowest BCUT2D eigenvalue weighted by atomic mass is 9.91. The van der Waals surface area contributed by atoms with Gasteiger partial charge in [-0.3, -0.25) is 0 Å². The molecule has 0 amide bonds. The van der Waals surface area contributed by atoms with Crippen LogP contribution < -0.4 is 0 Å². The number of aliphatic hydroxyl groups is 1. The van der Waals surface area contributed by atoms with Gasteiger partial charge in [-0.25, -0.2) is 0 Å². The average molecular weight is 248 g/mol. The van der Waals surface area contributed by atoms with Crippen molar-refractivity contribution in [1.82, 2.24) is 0 Å². The van der Waals surface area contributed by atoms with Crippen LogP contribution in [0.15, 0.2) is 73.3 Å². The average Bonchev–Trinajstić information content (AvgIpc) is 2.48. The summed E-state index contributed by atoms with van der Waals surface area (Å²) in [7, 11) is 0. The molecule has 0 aliphatic rings. The Balaban J connectivity index is 2.36. The first kappa shape index (κ1) is 13.1. The van der Waals surface area contributed by atoms with Gasteiger partial charge in [-0.05, 0) is 17.7 Å². The maximum absolute atomic E-state index is 10.7. The molecule has 19 heavy (non-hydrogen) atoms. The van der Waals surface area contributed by atoms with Crippen LogP contribution in [0.3, 0.4) is 0 Å². The molecule has 2 aromatic rings. The number of hydrogen-bond donors (Lipinski definition) is 1. The maximum Gasteiger partial charge on any atom is 0.154 e. The summed E-state index contributed by atoms with van der Waals surface area (Å²) >= 11 is 0. The molecule has 2 rings (SSSR count). The molecule has 2 aromatic carbocycles. The Hall–Kier alpha value is -2.30. The third kappa shape index (κ3) is 3.34. The predicted octanol–water partition coefficient (Wildman–Crippen LogP) is 3.50. The van der Waals surface area contributed by atoms with E-state index >= 15 is 0 Å². The lowest BCUT2D eigenvalue weighted by molar-refractivity contribution is 0.104. The van der Waals surface area contributed by atoms with Crippen LogP contribution in [0, 0.1) is 11.8 Å². The molecule has 0 fully saturated rings. The molecule has 1 nitrogen and oxygen atoms in total. The maximum atomic E-state index is 10.7. The third-order valence-electron chi connectivity index (χ3n) is 2.88. The molecule has 0 radical (unpaired) electrons. The van der Waals surface area contributed by atoms with Crippen molar-refractivity contribution in [2.24, 2.45) is 0 Å². The Morgan fingerprint density at radius 2 is 1.58 bits per heavy atom. The molecule has 0 aliphatic heterocycles. The predicted molar refractivity (Wildman–Crippen MR) is 78.5 cm³/mol. The fourth-order valence-corrected chi connectivity index (χ4v) is 1.86. The Bertz CT molecular complexity index is 590. The Labute approximate surface area is 114 Å². The number of benzene rings is 2. The first-order valence-corrected chi connectivity index (χ1v) is 6.22. The van der Waals surface area contributed by atoms with Crippen molar-refractivity contribution >= 4 is 0 Å². The fraction of sp³-hybridized carbons (Fsp3) is 0.111. The summed E-state index contributed by atoms with van der Waals surface area (Å²) in [5.41, 5.74) is 0.498. The quantitative estimate of drug-likeness (QED) is 0.651. The van der Waals surface area contributed by atoms with Crippen LogP contribution in [0.25, 0.3) is 0 Å². The van der Waals surface area contributed by atoms with Gasteiger partial charge < -0.3 is 5.11 Å². The van der Waals surface area contributed by atoms with E-state index in [-0.39, 0.29) is 0 Å². The Kier molecular flexibility index (Phi) is 4.18. The number of hydrogen-bond acceptors (Lipinski definition) is 1. The van der Waals surface area contributed by atoms with Crippen LogP contribution in [0.2, 0.25) is 0 Å². The van der Waals surface area contributed by atoms with Gasteiger partial charge in [0, 0.05) is 12.0 Å². The fourth-order valence-electron chi connectivity index (χ4n) is 1.86. The van der Waals surface area contributed by atoms with Crippen LogP contribution in [0.1, 0.15) is 17.5 Å². The van der Waals surface area contributed by atoms with E-state index in [9.17, 15) is 5.11 Å². The molecule has 1 heteroatoms. The topological polar surface area (TPSA) is 20.2 Å². The molecular formula is C18H16O. The zero-order valence-corrected chi connectivity index (χ0v) is 10.7. The molecular weight excluding hydrogens is 232 g/mol. The molecule has 0 heterocycles. The van der Waals surface area contributed by atoms with Crippen molar-refractivity contribution in [1.29, 1.82) is 0 Å². The highest BCUT2D eigenvalue weighted by Gasteiger charge is 2.24. The second-order valence-corrected chi connectivity index (χ2v) is 4.34. The SMILES string of the molecule is C=CC[C@@](O)(C#Cc1ccccc1)c1ccccc1. The summed E-state index contributed by atoms with van der Waals surface area (Å²) in [4.78, 5) is 0. The molecule has 0 aliphatic carbocycles. The summed E-state index contributed by atoms with van der Waals surface area (Å²) in [5.74, 6) is 5.98. The summed E-state index contributed by atoms with van der Waals surface area (Å²) in [5, 5.41) is 10.7. The van der Waals surface area contributed by atoms with Gasteiger partial charge in [0.2, 0.25) is 0 Å². The molecule has 0 spiro atoms. The van der Waals surface area contributed by atoms with Crippen molar-refractivity contribution < 1.29 is 5.11 Å². The highest BCUT2D eigenvalue weighted by atomic mass is 16.3. The molecule has 0 saturated heterocycles.